The molecule has 4 nitrogen and oxygen atoms in total. The van der Waals surface area contributed by atoms with Gasteiger partial charge in [0.2, 0.25) is 0 Å². The lowest BCUT2D eigenvalue weighted by molar-refractivity contribution is 0.280. The molecule has 0 saturated heterocycles. The molecule has 0 bridgehead atoms. The lowest BCUT2D eigenvalue weighted by Crippen LogP contribution is -2.12. The van der Waals surface area contributed by atoms with Gasteiger partial charge in [0.05, 0.1) is 33.2 Å². The van der Waals surface area contributed by atoms with E-state index in [4.69, 9.17) is 15.2 Å². The summed E-state index contributed by atoms with van der Waals surface area (Å²) in [5.74, 6) is 1.61. The molecule has 3 heterocycles. The number of imidazole rings is 1. The van der Waals surface area contributed by atoms with Crippen LogP contribution in [0.4, 0.5) is 0 Å². The summed E-state index contributed by atoms with van der Waals surface area (Å²) in [6.07, 6.45) is 0. The van der Waals surface area contributed by atoms with E-state index < -0.39 is 0 Å². The Balaban J connectivity index is 1.60. The average molecular weight is 391 g/mol. The van der Waals surface area contributed by atoms with Crippen LogP contribution in [-0.4, -0.2) is 14.1 Å². The van der Waals surface area contributed by atoms with E-state index in [0.717, 1.165) is 44.9 Å². The zero-order chi connectivity index (χ0) is 23.1. The molecule has 4 heteroatoms. The highest BCUT2D eigenvalue weighted by atomic mass is 16.5. The maximum Gasteiger partial charge on any atom is 0.152 e. The zero-order valence-electron chi connectivity index (χ0n) is 19.8. The number of para-hydroxylation sites is 4. The summed E-state index contributed by atoms with van der Waals surface area (Å²) < 4.78 is 43.6. The first-order valence-corrected chi connectivity index (χ1v) is 9.78. The van der Waals surface area contributed by atoms with Gasteiger partial charge >= 0.3 is 0 Å². The molecule has 0 saturated carbocycles. The van der Waals surface area contributed by atoms with Gasteiger partial charge in [0.15, 0.2) is 5.82 Å². The number of nitrogens with zero attached hydrogens (tertiary/aromatic N) is 3. The Morgan fingerprint density at radius 3 is 2.67 bits per heavy atom. The van der Waals surface area contributed by atoms with Crippen LogP contribution in [0.5, 0.6) is 5.75 Å². The molecule has 0 spiro atoms. The van der Waals surface area contributed by atoms with Gasteiger partial charge in [-0.1, -0.05) is 48.5 Å². The summed E-state index contributed by atoms with van der Waals surface area (Å²) in [6.45, 7) is 0.379. The standard InChI is InChI=1S/C26H17N3O/c1-3-9-21-18(7-1)19-8-2-4-10-22(19)28(21)17-13-14-20-24(15-17)29-23-11-5-6-12-25(23)30-16-26(29)27-20/h1-15H,16H2/i1D,3D,7D,9D. The lowest BCUT2D eigenvalue weighted by atomic mass is 10.2. The predicted octanol–water partition coefficient (Wildman–Crippen LogP) is 6.02. The van der Waals surface area contributed by atoms with Gasteiger partial charge < -0.3 is 9.30 Å². The maximum atomic E-state index is 8.68. The number of ether oxygens (including phenoxy) is 1. The topological polar surface area (TPSA) is 32.0 Å². The second-order valence-electron chi connectivity index (χ2n) is 7.37. The molecule has 0 amide bonds. The first-order chi connectivity index (χ1) is 16.5. The van der Waals surface area contributed by atoms with Crippen LogP contribution in [0.1, 0.15) is 11.3 Å². The van der Waals surface area contributed by atoms with E-state index in [9.17, 15) is 0 Å². The van der Waals surface area contributed by atoms with Gasteiger partial charge in [-0.05, 0) is 42.4 Å². The molecule has 0 unspecified atom stereocenters. The summed E-state index contributed by atoms with van der Waals surface area (Å²) in [4.78, 5) is 4.76. The van der Waals surface area contributed by atoms with E-state index in [1.54, 1.807) is 0 Å². The normalized spacial score (nSPS) is 14.7. The Hall–Kier alpha value is -4.05. The summed E-state index contributed by atoms with van der Waals surface area (Å²) in [5, 5.41) is 1.31. The molecular weight excluding hydrogens is 370 g/mol. The fourth-order valence-electron chi connectivity index (χ4n) is 4.46. The summed E-state index contributed by atoms with van der Waals surface area (Å²) in [6, 6.07) is 20.9. The second-order valence-corrected chi connectivity index (χ2v) is 7.37. The van der Waals surface area contributed by atoms with E-state index in [-0.39, 0.29) is 24.2 Å². The largest absolute Gasteiger partial charge is 0.483 e. The molecule has 6 aromatic rings. The zero-order valence-corrected chi connectivity index (χ0v) is 15.8. The van der Waals surface area contributed by atoms with Crippen molar-refractivity contribution in [1.82, 2.24) is 14.1 Å². The minimum Gasteiger partial charge on any atom is -0.483 e. The Kier molecular flexibility index (Phi) is 2.39. The summed E-state index contributed by atoms with van der Waals surface area (Å²) in [5.41, 5.74) is 4.76. The van der Waals surface area contributed by atoms with Gasteiger partial charge in [0, 0.05) is 16.5 Å². The Labute approximate surface area is 178 Å². The summed E-state index contributed by atoms with van der Waals surface area (Å²) in [7, 11) is 0. The SMILES string of the molecule is [2H]c1c([2H])c([2H])c2c(c1[2H])c1ccccc1n2-c1ccc2nc3n(c2c1)-c1ccccc1OC3. The van der Waals surface area contributed by atoms with E-state index in [2.05, 4.69) is 4.57 Å². The number of hydrogen-bond donors (Lipinski definition) is 0. The molecule has 0 N–H and O–H groups in total. The molecule has 4 aromatic carbocycles. The number of fused-ring (bicyclic) bond motifs is 8. The van der Waals surface area contributed by atoms with E-state index >= 15 is 0 Å². The Morgan fingerprint density at radius 2 is 1.67 bits per heavy atom. The number of benzene rings is 4. The van der Waals surface area contributed by atoms with Gasteiger partial charge in [0.1, 0.15) is 12.4 Å². The highest BCUT2D eigenvalue weighted by molar-refractivity contribution is 6.09. The number of aromatic nitrogens is 3. The Morgan fingerprint density at radius 1 is 0.800 bits per heavy atom. The van der Waals surface area contributed by atoms with Gasteiger partial charge in [-0.3, -0.25) is 4.57 Å². The summed E-state index contributed by atoms with van der Waals surface area (Å²) >= 11 is 0. The van der Waals surface area contributed by atoms with Gasteiger partial charge in [0.25, 0.3) is 0 Å². The van der Waals surface area contributed by atoms with E-state index in [1.807, 2.05) is 71.3 Å². The fourth-order valence-corrected chi connectivity index (χ4v) is 4.46. The van der Waals surface area contributed by atoms with E-state index in [0.29, 0.717) is 17.5 Å². The van der Waals surface area contributed by atoms with E-state index in [1.165, 1.54) is 0 Å². The van der Waals surface area contributed by atoms with Crippen molar-refractivity contribution in [3.05, 3.63) is 96.7 Å². The van der Waals surface area contributed by atoms with Gasteiger partial charge in [-0.2, -0.15) is 0 Å². The number of hydrogen-bond acceptors (Lipinski definition) is 2. The van der Waals surface area contributed by atoms with Crippen molar-refractivity contribution in [2.75, 3.05) is 0 Å². The molecule has 30 heavy (non-hydrogen) atoms. The molecule has 0 atom stereocenters. The maximum absolute atomic E-state index is 8.68. The van der Waals surface area contributed by atoms with Crippen LogP contribution in [0.15, 0.2) is 90.9 Å². The highest BCUT2D eigenvalue weighted by Gasteiger charge is 2.21. The highest BCUT2D eigenvalue weighted by Crippen LogP contribution is 2.36. The first-order valence-electron chi connectivity index (χ1n) is 11.8. The molecule has 0 aliphatic carbocycles. The molecular formula is C26H17N3O. The van der Waals surface area contributed by atoms with Crippen molar-refractivity contribution in [2.45, 2.75) is 6.61 Å². The smallest absolute Gasteiger partial charge is 0.152 e. The first kappa shape index (κ1) is 12.5. The van der Waals surface area contributed by atoms with Crippen LogP contribution >= 0.6 is 0 Å². The lowest BCUT2D eigenvalue weighted by Gasteiger charge is -2.19. The predicted molar refractivity (Wildman–Crippen MR) is 120 cm³/mol. The third kappa shape index (κ3) is 2.02. The van der Waals surface area contributed by atoms with Gasteiger partial charge in [-0.15, -0.1) is 0 Å². The van der Waals surface area contributed by atoms with Gasteiger partial charge in [-0.25, -0.2) is 4.98 Å². The number of rotatable bonds is 1. The second kappa shape index (κ2) is 5.74. The van der Waals surface area contributed by atoms with Crippen molar-refractivity contribution < 1.29 is 10.2 Å². The quantitative estimate of drug-likeness (QED) is 0.343. The van der Waals surface area contributed by atoms with Crippen molar-refractivity contribution in [2.24, 2.45) is 0 Å². The Bertz CT molecular complexity index is 1820. The molecule has 0 radical (unpaired) electrons. The van der Waals surface area contributed by atoms with Crippen molar-refractivity contribution in [3.63, 3.8) is 0 Å². The molecule has 7 rings (SSSR count). The average Bonchev–Trinajstić information content (AvgIpc) is 3.42. The van der Waals surface area contributed by atoms with Crippen molar-refractivity contribution >= 4 is 32.8 Å². The van der Waals surface area contributed by atoms with Crippen LogP contribution in [0, 0.1) is 0 Å². The fraction of sp³-hybridized carbons (Fsp3) is 0.0385. The molecule has 2 aromatic heterocycles. The minimum absolute atomic E-state index is 0.0279. The molecule has 142 valence electrons. The molecule has 0 fully saturated rings. The van der Waals surface area contributed by atoms with Crippen LogP contribution in [-0.2, 0) is 6.61 Å². The van der Waals surface area contributed by atoms with Crippen LogP contribution in [0.2, 0.25) is 0 Å². The van der Waals surface area contributed by atoms with Crippen LogP contribution < -0.4 is 4.74 Å². The third-order valence-electron chi connectivity index (χ3n) is 5.73. The van der Waals surface area contributed by atoms with Crippen molar-refractivity contribution in [3.8, 4) is 17.1 Å². The molecule has 1 aliphatic rings. The molecule has 1 aliphatic heterocycles. The third-order valence-corrected chi connectivity index (χ3v) is 5.73. The minimum atomic E-state index is -0.240. The van der Waals surface area contributed by atoms with Crippen molar-refractivity contribution in [1.29, 1.82) is 0 Å². The van der Waals surface area contributed by atoms with Crippen LogP contribution in [0.25, 0.3) is 44.2 Å². The monoisotopic (exact) mass is 391 g/mol. The van der Waals surface area contributed by atoms with Crippen LogP contribution in [0.3, 0.4) is 0 Å².